The fraction of sp³-hybridized carbons (Fsp3) is 0.429. The van der Waals surface area contributed by atoms with E-state index >= 15 is 0 Å². The molecule has 110 valence electrons. The maximum atomic E-state index is 13.2. The zero-order valence-electron chi connectivity index (χ0n) is 11.3. The number of ether oxygens (including phenoxy) is 1. The molecule has 1 aromatic rings. The average Bonchev–Trinajstić information content (AvgIpc) is 2.42. The summed E-state index contributed by atoms with van der Waals surface area (Å²) < 4.78 is 18.4. The van der Waals surface area contributed by atoms with Gasteiger partial charge in [-0.15, -0.1) is 0 Å². The smallest absolute Gasteiger partial charge is 0.305 e. The standard InChI is InChI=1S/C14H18FNO4/c1-16(9-8-14(18)19)13(17)7-4-10-20-12-6-3-2-5-11(12)15/h2-3,5-6H,4,7-10H2,1H3,(H,18,19). The molecule has 0 unspecified atom stereocenters. The lowest BCUT2D eigenvalue weighted by Crippen LogP contribution is -2.29. The summed E-state index contributed by atoms with van der Waals surface area (Å²) in [5.41, 5.74) is 0. The van der Waals surface area contributed by atoms with Crippen LogP contribution in [0.2, 0.25) is 0 Å². The first-order chi connectivity index (χ1) is 9.50. The quantitative estimate of drug-likeness (QED) is 0.740. The van der Waals surface area contributed by atoms with Gasteiger partial charge >= 0.3 is 5.97 Å². The first kappa shape index (κ1) is 15.9. The van der Waals surface area contributed by atoms with Crippen LogP contribution in [-0.2, 0) is 9.59 Å². The van der Waals surface area contributed by atoms with Crippen molar-refractivity contribution in [1.29, 1.82) is 0 Å². The molecule has 1 N–H and O–H groups in total. The summed E-state index contributed by atoms with van der Waals surface area (Å²) in [5, 5.41) is 8.52. The summed E-state index contributed by atoms with van der Waals surface area (Å²) in [6.07, 6.45) is 0.614. The Kier molecular flexibility index (Phi) is 6.49. The highest BCUT2D eigenvalue weighted by Crippen LogP contribution is 2.15. The zero-order valence-corrected chi connectivity index (χ0v) is 11.3. The maximum absolute atomic E-state index is 13.2. The zero-order chi connectivity index (χ0) is 15.0. The molecule has 1 rings (SSSR count). The Morgan fingerprint density at radius 1 is 1.30 bits per heavy atom. The van der Waals surface area contributed by atoms with E-state index in [1.807, 2.05) is 0 Å². The SMILES string of the molecule is CN(CCC(=O)O)C(=O)CCCOc1ccccc1F. The fourth-order valence-corrected chi connectivity index (χ4v) is 1.55. The molecular formula is C14H18FNO4. The van der Waals surface area contributed by atoms with Crippen LogP contribution in [0.15, 0.2) is 24.3 Å². The van der Waals surface area contributed by atoms with Crippen molar-refractivity contribution in [3.8, 4) is 5.75 Å². The van der Waals surface area contributed by atoms with E-state index in [0.29, 0.717) is 6.42 Å². The summed E-state index contributed by atoms with van der Waals surface area (Å²) in [6.45, 7) is 0.418. The van der Waals surface area contributed by atoms with Gasteiger partial charge in [-0.05, 0) is 18.6 Å². The van der Waals surface area contributed by atoms with Crippen molar-refractivity contribution in [2.75, 3.05) is 20.2 Å². The van der Waals surface area contributed by atoms with Crippen LogP contribution >= 0.6 is 0 Å². The number of benzene rings is 1. The van der Waals surface area contributed by atoms with Gasteiger partial charge in [-0.25, -0.2) is 4.39 Å². The van der Waals surface area contributed by atoms with Gasteiger partial charge in [0.25, 0.3) is 0 Å². The number of aliphatic carboxylic acids is 1. The minimum atomic E-state index is -0.937. The van der Waals surface area contributed by atoms with Crippen molar-refractivity contribution < 1.29 is 23.8 Å². The number of hydrogen-bond acceptors (Lipinski definition) is 3. The minimum absolute atomic E-state index is 0.0754. The lowest BCUT2D eigenvalue weighted by Gasteiger charge is -2.16. The van der Waals surface area contributed by atoms with E-state index in [4.69, 9.17) is 9.84 Å². The molecule has 5 nitrogen and oxygen atoms in total. The van der Waals surface area contributed by atoms with Crippen molar-refractivity contribution in [3.63, 3.8) is 0 Å². The third-order valence-corrected chi connectivity index (χ3v) is 2.72. The number of rotatable bonds is 8. The van der Waals surface area contributed by atoms with Crippen LogP contribution in [0, 0.1) is 5.82 Å². The monoisotopic (exact) mass is 283 g/mol. The summed E-state index contributed by atoms with van der Waals surface area (Å²) in [6, 6.07) is 6.07. The van der Waals surface area contributed by atoms with Gasteiger partial charge in [0.1, 0.15) is 0 Å². The van der Waals surface area contributed by atoms with Crippen LogP contribution in [0.25, 0.3) is 0 Å². The van der Waals surface area contributed by atoms with Gasteiger partial charge in [0.15, 0.2) is 11.6 Å². The van der Waals surface area contributed by atoms with E-state index in [9.17, 15) is 14.0 Å². The van der Waals surface area contributed by atoms with Crippen molar-refractivity contribution in [1.82, 2.24) is 4.90 Å². The highest BCUT2D eigenvalue weighted by atomic mass is 19.1. The molecule has 1 amide bonds. The maximum Gasteiger partial charge on any atom is 0.305 e. The van der Waals surface area contributed by atoms with Crippen LogP contribution in [0.1, 0.15) is 19.3 Å². The molecule has 0 aliphatic heterocycles. The highest BCUT2D eigenvalue weighted by molar-refractivity contribution is 5.76. The average molecular weight is 283 g/mol. The Balaban J connectivity index is 2.22. The molecule has 0 aromatic heterocycles. The number of carboxylic acid groups (broad SMARTS) is 1. The lowest BCUT2D eigenvalue weighted by molar-refractivity contribution is -0.138. The lowest BCUT2D eigenvalue weighted by atomic mass is 10.2. The molecule has 0 saturated heterocycles. The first-order valence-electron chi connectivity index (χ1n) is 6.34. The molecule has 0 aliphatic rings. The Morgan fingerprint density at radius 2 is 2.00 bits per heavy atom. The normalized spacial score (nSPS) is 10.1. The first-order valence-corrected chi connectivity index (χ1v) is 6.34. The minimum Gasteiger partial charge on any atom is -0.491 e. The molecule has 0 atom stereocenters. The molecule has 0 spiro atoms. The van der Waals surface area contributed by atoms with E-state index in [2.05, 4.69) is 0 Å². The molecule has 0 saturated carbocycles. The predicted octanol–water partition coefficient (Wildman–Crippen LogP) is 1.92. The van der Waals surface area contributed by atoms with E-state index in [-0.39, 0.29) is 37.6 Å². The molecule has 20 heavy (non-hydrogen) atoms. The van der Waals surface area contributed by atoms with Gasteiger partial charge in [-0.3, -0.25) is 9.59 Å². The van der Waals surface area contributed by atoms with Gasteiger partial charge in [0.2, 0.25) is 5.91 Å². The van der Waals surface area contributed by atoms with Crippen molar-refractivity contribution in [2.24, 2.45) is 0 Å². The third-order valence-electron chi connectivity index (χ3n) is 2.72. The van der Waals surface area contributed by atoms with Crippen LogP contribution in [-0.4, -0.2) is 42.1 Å². The molecule has 0 bridgehead atoms. The van der Waals surface area contributed by atoms with Gasteiger partial charge in [-0.1, -0.05) is 12.1 Å². The Labute approximate surface area is 117 Å². The van der Waals surface area contributed by atoms with Crippen LogP contribution in [0.3, 0.4) is 0 Å². The second-order valence-corrected chi connectivity index (χ2v) is 4.34. The number of amides is 1. The van der Waals surface area contributed by atoms with Gasteiger partial charge in [0, 0.05) is 20.0 Å². The second kappa shape index (κ2) is 8.14. The number of carbonyl (C=O) groups is 2. The topological polar surface area (TPSA) is 66.8 Å². The molecule has 0 fully saturated rings. The number of nitrogens with zero attached hydrogens (tertiary/aromatic N) is 1. The summed E-state index contributed by atoms with van der Waals surface area (Å²) in [4.78, 5) is 23.4. The van der Waals surface area contributed by atoms with Crippen molar-refractivity contribution in [2.45, 2.75) is 19.3 Å². The Bertz CT molecular complexity index is 464. The predicted molar refractivity (Wildman–Crippen MR) is 71.0 cm³/mol. The Morgan fingerprint density at radius 3 is 2.65 bits per heavy atom. The third kappa shape index (κ3) is 5.69. The highest BCUT2D eigenvalue weighted by Gasteiger charge is 2.10. The largest absolute Gasteiger partial charge is 0.491 e. The van der Waals surface area contributed by atoms with Gasteiger partial charge < -0.3 is 14.7 Å². The summed E-state index contributed by atoms with van der Waals surface area (Å²) in [5.74, 6) is -1.35. The molecule has 0 radical (unpaired) electrons. The number of para-hydroxylation sites is 1. The molecular weight excluding hydrogens is 265 g/mol. The molecule has 1 aromatic carbocycles. The summed E-state index contributed by atoms with van der Waals surface area (Å²) >= 11 is 0. The number of hydrogen-bond donors (Lipinski definition) is 1. The van der Waals surface area contributed by atoms with Crippen molar-refractivity contribution in [3.05, 3.63) is 30.1 Å². The van der Waals surface area contributed by atoms with Crippen molar-refractivity contribution >= 4 is 11.9 Å². The van der Waals surface area contributed by atoms with Crippen LogP contribution < -0.4 is 4.74 Å². The van der Waals surface area contributed by atoms with E-state index in [1.165, 1.54) is 17.0 Å². The second-order valence-electron chi connectivity index (χ2n) is 4.34. The van der Waals surface area contributed by atoms with E-state index in [1.54, 1.807) is 19.2 Å². The van der Waals surface area contributed by atoms with E-state index < -0.39 is 11.8 Å². The molecule has 0 aliphatic carbocycles. The van der Waals surface area contributed by atoms with Gasteiger partial charge in [0.05, 0.1) is 13.0 Å². The fourth-order valence-electron chi connectivity index (χ4n) is 1.55. The number of carbonyl (C=O) groups excluding carboxylic acids is 1. The number of halogens is 1. The molecule has 0 heterocycles. The van der Waals surface area contributed by atoms with Crippen LogP contribution in [0.4, 0.5) is 4.39 Å². The van der Waals surface area contributed by atoms with E-state index in [0.717, 1.165) is 0 Å². The number of carboxylic acids is 1. The Hall–Kier alpha value is -2.11. The molecule has 6 heteroatoms. The van der Waals surface area contributed by atoms with Gasteiger partial charge in [-0.2, -0.15) is 0 Å². The summed E-state index contributed by atoms with van der Waals surface area (Å²) in [7, 11) is 1.56. The van der Waals surface area contributed by atoms with Crippen LogP contribution in [0.5, 0.6) is 5.75 Å².